The lowest BCUT2D eigenvalue weighted by Gasteiger charge is -2.47. The van der Waals surface area contributed by atoms with Crippen LogP contribution in [0.5, 0.6) is 0 Å². The average molecular weight is 671 g/mol. The Balaban J connectivity index is 2.05. The van der Waals surface area contributed by atoms with Gasteiger partial charge in [-0.05, 0) is 87.1 Å². The lowest BCUT2D eigenvalue weighted by atomic mass is 9.78. The van der Waals surface area contributed by atoms with E-state index in [-0.39, 0.29) is 29.9 Å². The van der Waals surface area contributed by atoms with E-state index in [1.165, 1.54) is 6.92 Å². The van der Waals surface area contributed by atoms with E-state index >= 15 is 0 Å². The zero-order valence-corrected chi connectivity index (χ0v) is 30.7. The second-order valence-electron chi connectivity index (χ2n) is 14.8. The number of alkyl carbamates (subject to hydrolysis) is 1. The van der Waals surface area contributed by atoms with Crippen molar-refractivity contribution in [3.8, 4) is 0 Å². The highest BCUT2D eigenvalue weighted by Crippen LogP contribution is 2.39. The number of aliphatic hydroxyl groups is 1. The van der Waals surface area contributed by atoms with Crippen molar-refractivity contribution in [3.05, 3.63) is 0 Å². The van der Waals surface area contributed by atoms with Crippen molar-refractivity contribution in [2.24, 2.45) is 17.8 Å². The number of hydrogen-bond donors (Lipinski definition) is 3. The highest BCUT2D eigenvalue weighted by molar-refractivity contribution is 6.00. The van der Waals surface area contributed by atoms with Crippen LogP contribution in [0, 0.1) is 17.8 Å². The van der Waals surface area contributed by atoms with E-state index in [1.807, 2.05) is 65.7 Å². The first-order chi connectivity index (χ1) is 21.9. The fourth-order valence-electron chi connectivity index (χ4n) is 7.87. The lowest BCUT2D eigenvalue weighted by Crippen LogP contribution is -2.61. The summed E-state index contributed by atoms with van der Waals surface area (Å²) in [7, 11) is 9.35. The first-order valence-corrected chi connectivity index (χ1v) is 17.3. The Kier molecular flexibility index (Phi) is 13.7. The molecule has 3 aliphatic heterocycles. The molecule has 13 atom stereocenters. The highest BCUT2D eigenvalue weighted by atomic mass is 16.7. The maximum Gasteiger partial charge on any atom is 0.408 e. The molecular formula is C34H62N4O9. The molecule has 0 spiro atoms. The predicted molar refractivity (Wildman–Crippen MR) is 177 cm³/mol. The molecule has 0 aromatic rings. The summed E-state index contributed by atoms with van der Waals surface area (Å²) in [6.45, 7) is 14.2. The molecule has 0 saturated carbocycles. The molecule has 0 radical (unpaired) electrons. The van der Waals surface area contributed by atoms with Crippen LogP contribution in [0.1, 0.15) is 74.1 Å². The van der Waals surface area contributed by atoms with Crippen molar-refractivity contribution in [3.63, 3.8) is 0 Å². The van der Waals surface area contributed by atoms with Gasteiger partial charge < -0.3 is 49.2 Å². The fourth-order valence-corrected chi connectivity index (χ4v) is 7.87. The summed E-state index contributed by atoms with van der Waals surface area (Å²) in [5.41, 5.74) is -2.13. The predicted octanol–water partition coefficient (Wildman–Crippen LogP) is 2.18. The van der Waals surface area contributed by atoms with E-state index in [0.717, 1.165) is 0 Å². The van der Waals surface area contributed by atoms with Crippen LogP contribution in [0.3, 0.4) is 0 Å². The van der Waals surface area contributed by atoms with Crippen LogP contribution in [0.25, 0.3) is 0 Å². The van der Waals surface area contributed by atoms with Gasteiger partial charge in [0.15, 0.2) is 17.7 Å². The Hall–Kier alpha value is -1.87. The van der Waals surface area contributed by atoms with Gasteiger partial charge in [0.05, 0.1) is 23.9 Å². The molecule has 3 heterocycles. The monoisotopic (exact) mass is 670 g/mol. The quantitative estimate of drug-likeness (QED) is 0.257. The van der Waals surface area contributed by atoms with E-state index in [0.29, 0.717) is 38.8 Å². The number of ketones is 1. The molecule has 0 aliphatic carbocycles. The minimum Gasteiger partial charge on any atom is -0.457 e. The van der Waals surface area contributed by atoms with E-state index in [4.69, 9.17) is 23.7 Å². The van der Waals surface area contributed by atoms with E-state index in [9.17, 15) is 19.5 Å². The number of rotatable bonds is 8. The molecule has 3 rings (SSSR count). The first-order valence-electron chi connectivity index (χ1n) is 17.3. The van der Waals surface area contributed by atoms with Gasteiger partial charge in [0.2, 0.25) is 0 Å². The van der Waals surface area contributed by atoms with Crippen LogP contribution in [0.15, 0.2) is 0 Å². The van der Waals surface area contributed by atoms with Gasteiger partial charge >= 0.3 is 12.1 Å². The van der Waals surface area contributed by atoms with Crippen LogP contribution in [0.2, 0.25) is 0 Å². The third-order valence-corrected chi connectivity index (χ3v) is 10.6. The van der Waals surface area contributed by atoms with Crippen molar-refractivity contribution in [2.45, 2.75) is 134 Å². The van der Waals surface area contributed by atoms with Crippen LogP contribution in [-0.2, 0) is 33.3 Å². The van der Waals surface area contributed by atoms with Gasteiger partial charge in [0.25, 0.3) is 0 Å². The highest BCUT2D eigenvalue weighted by Gasteiger charge is 2.57. The number of fused-ring (bicyclic) bond motifs is 1. The molecule has 0 aromatic carbocycles. The largest absolute Gasteiger partial charge is 0.457 e. The average Bonchev–Trinajstić information content (AvgIpc) is 3.37. The van der Waals surface area contributed by atoms with Crippen LogP contribution in [-0.4, -0.2) is 141 Å². The summed E-state index contributed by atoms with van der Waals surface area (Å²) in [5, 5.41) is 18.0. The van der Waals surface area contributed by atoms with E-state index < -0.39 is 65.7 Å². The Morgan fingerprint density at radius 1 is 1.06 bits per heavy atom. The van der Waals surface area contributed by atoms with Gasteiger partial charge in [0.1, 0.15) is 18.1 Å². The van der Waals surface area contributed by atoms with E-state index in [2.05, 4.69) is 17.6 Å². The number of methoxy groups -OCH3 is 1. The zero-order valence-electron chi connectivity index (χ0n) is 30.7. The van der Waals surface area contributed by atoms with Gasteiger partial charge in [-0.2, -0.15) is 0 Å². The summed E-state index contributed by atoms with van der Waals surface area (Å²) in [4.78, 5) is 44.5. The van der Waals surface area contributed by atoms with Gasteiger partial charge in [-0.25, -0.2) is 4.79 Å². The summed E-state index contributed by atoms with van der Waals surface area (Å²) in [5.74, 6) is -3.03. The van der Waals surface area contributed by atoms with Crippen molar-refractivity contribution in [1.82, 2.24) is 20.4 Å². The molecule has 3 aliphatic rings. The SMILES string of the molecule is CC[C@H]1OC(=O)C(C)C(=O)[C@H](C)[C@@H](OC2OC(CN(C)C)CC(N(C)C)C2O)[C@](C)(OC)C[C@@H](C)CN[C@H](C)[C@H]2NC(=O)O[C@@]21CC. The topological polar surface area (TPSA) is 148 Å². The minimum absolute atomic E-state index is 0.0282. The number of carbonyl (C=O) groups excluding carboxylic acids is 3. The fraction of sp³-hybridized carbons (Fsp3) is 0.912. The third-order valence-electron chi connectivity index (χ3n) is 10.6. The maximum atomic E-state index is 14.2. The summed E-state index contributed by atoms with van der Waals surface area (Å²) in [6, 6.07) is -0.948. The van der Waals surface area contributed by atoms with Crippen molar-refractivity contribution in [2.75, 3.05) is 48.4 Å². The minimum atomic E-state index is -1.14. The van der Waals surface area contributed by atoms with Crippen LogP contribution in [0.4, 0.5) is 4.79 Å². The molecule has 13 nitrogen and oxygen atoms in total. The Labute approximate surface area is 281 Å². The summed E-state index contributed by atoms with van der Waals surface area (Å²) in [6.07, 6.45) is -2.58. The van der Waals surface area contributed by atoms with Gasteiger partial charge in [-0.1, -0.05) is 27.7 Å². The van der Waals surface area contributed by atoms with Crippen LogP contribution >= 0.6 is 0 Å². The molecule has 3 fully saturated rings. The van der Waals surface area contributed by atoms with Crippen molar-refractivity contribution < 1.29 is 43.2 Å². The maximum absolute atomic E-state index is 14.2. The molecule has 13 heteroatoms. The van der Waals surface area contributed by atoms with E-state index in [1.54, 1.807) is 14.0 Å². The molecule has 3 saturated heterocycles. The second-order valence-corrected chi connectivity index (χ2v) is 14.8. The number of hydrogen-bond acceptors (Lipinski definition) is 12. The molecule has 47 heavy (non-hydrogen) atoms. The van der Waals surface area contributed by atoms with Gasteiger partial charge in [0, 0.05) is 31.7 Å². The number of amides is 1. The second kappa shape index (κ2) is 16.2. The van der Waals surface area contributed by atoms with Crippen LogP contribution < -0.4 is 10.6 Å². The number of nitrogens with zero attached hydrogens (tertiary/aromatic N) is 2. The molecule has 0 bridgehead atoms. The number of Topliss-reactive ketones (excluding diaryl/α,β-unsaturated/α-hetero) is 1. The summed E-state index contributed by atoms with van der Waals surface area (Å²) >= 11 is 0. The van der Waals surface area contributed by atoms with Crippen molar-refractivity contribution >= 4 is 17.8 Å². The van der Waals surface area contributed by atoms with Gasteiger partial charge in [-0.3, -0.25) is 9.59 Å². The Bertz CT molecular complexity index is 1080. The summed E-state index contributed by atoms with van der Waals surface area (Å²) < 4.78 is 31.2. The Morgan fingerprint density at radius 3 is 2.28 bits per heavy atom. The standard InChI is InChI=1S/C34H62N4O9/c1-13-25-34(14-2)28(36-32(42)47-34)22(6)35-17-19(3)16-33(7,43-12)29(20(4)26(39)21(5)30(41)45-25)46-31-27(40)24(38(10)11)15-23(44-31)18-37(8)9/h19-25,27-29,31,35,40H,13-18H2,1-12H3,(H,36,42)/t19-,20+,21?,22-,23?,24?,25-,27?,28-,29-,31?,33-,34-/m1/s1. The normalized spacial score (nSPS) is 42.7. The molecule has 272 valence electrons. The number of carbonyl (C=O) groups is 3. The molecule has 3 N–H and O–H groups in total. The Morgan fingerprint density at radius 2 is 1.72 bits per heavy atom. The number of aliphatic hydroxyl groups excluding tert-OH is 1. The number of nitrogens with one attached hydrogen (secondary N) is 2. The lowest BCUT2D eigenvalue weighted by molar-refractivity contribution is -0.298. The number of cyclic esters (lactones) is 1. The number of likely N-dealkylation sites (N-methyl/N-ethyl adjacent to an activating group) is 2. The van der Waals surface area contributed by atoms with Gasteiger partial charge in [-0.15, -0.1) is 0 Å². The number of esters is 1. The van der Waals surface area contributed by atoms with Crippen molar-refractivity contribution in [1.29, 1.82) is 0 Å². The molecule has 0 aromatic heterocycles. The number of ether oxygens (including phenoxy) is 5. The molecular weight excluding hydrogens is 608 g/mol. The smallest absolute Gasteiger partial charge is 0.408 e. The first kappa shape index (κ1) is 39.6. The zero-order chi connectivity index (χ0) is 35.4. The molecule has 1 amide bonds. The molecule has 5 unspecified atom stereocenters. The third kappa shape index (κ3) is 8.66.